The summed E-state index contributed by atoms with van der Waals surface area (Å²) in [5.74, 6) is 0.586. The summed E-state index contributed by atoms with van der Waals surface area (Å²) in [6.07, 6.45) is 3.62. The number of fused-ring (bicyclic) bond motifs is 1. The highest BCUT2D eigenvalue weighted by Gasteiger charge is 2.22. The summed E-state index contributed by atoms with van der Waals surface area (Å²) in [5.41, 5.74) is 2.39. The predicted octanol–water partition coefficient (Wildman–Crippen LogP) is 2.94. The Morgan fingerprint density at radius 3 is 2.79 bits per heavy atom. The van der Waals surface area contributed by atoms with Crippen molar-refractivity contribution in [3.63, 3.8) is 0 Å². The highest BCUT2D eigenvalue weighted by Crippen LogP contribution is 2.28. The third kappa shape index (κ3) is 4.44. The van der Waals surface area contributed by atoms with Crippen LogP contribution in [-0.2, 0) is 6.54 Å². The van der Waals surface area contributed by atoms with Crippen LogP contribution < -0.4 is 10.1 Å². The quantitative estimate of drug-likeness (QED) is 0.694. The van der Waals surface area contributed by atoms with Crippen molar-refractivity contribution in [1.82, 2.24) is 24.3 Å². The highest BCUT2D eigenvalue weighted by atomic mass is 35.5. The maximum atomic E-state index is 12.6. The first-order valence-electron chi connectivity index (χ1n) is 9.52. The lowest BCUT2D eigenvalue weighted by atomic mass is 10.3. The van der Waals surface area contributed by atoms with Crippen molar-refractivity contribution in [2.45, 2.75) is 6.54 Å². The van der Waals surface area contributed by atoms with Crippen molar-refractivity contribution in [3.05, 3.63) is 47.9 Å². The van der Waals surface area contributed by atoms with Crippen molar-refractivity contribution in [2.75, 3.05) is 45.2 Å². The van der Waals surface area contributed by atoms with Gasteiger partial charge in [-0.25, -0.2) is 14.8 Å². The molecule has 3 heterocycles. The smallest absolute Gasteiger partial charge is 0.322 e. The molecule has 1 aliphatic rings. The lowest BCUT2D eigenvalue weighted by Crippen LogP contribution is -2.50. The van der Waals surface area contributed by atoms with Gasteiger partial charge in [0.1, 0.15) is 11.3 Å². The number of piperazine rings is 1. The lowest BCUT2D eigenvalue weighted by molar-refractivity contribution is 0.144. The van der Waals surface area contributed by atoms with Crippen molar-refractivity contribution in [3.8, 4) is 5.75 Å². The second-order valence-corrected chi connectivity index (χ2v) is 7.32. The van der Waals surface area contributed by atoms with Crippen LogP contribution in [0.5, 0.6) is 5.75 Å². The number of benzene rings is 1. The van der Waals surface area contributed by atoms with Crippen LogP contribution >= 0.6 is 11.6 Å². The van der Waals surface area contributed by atoms with E-state index in [4.69, 9.17) is 16.3 Å². The van der Waals surface area contributed by atoms with E-state index in [2.05, 4.69) is 24.8 Å². The molecule has 0 spiro atoms. The van der Waals surface area contributed by atoms with Gasteiger partial charge in [0, 0.05) is 50.5 Å². The monoisotopic (exact) mass is 414 g/mol. The Morgan fingerprint density at radius 2 is 2.00 bits per heavy atom. The number of amides is 2. The van der Waals surface area contributed by atoms with Crippen molar-refractivity contribution >= 4 is 34.5 Å². The Kier molecular flexibility index (Phi) is 5.82. The fraction of sp³-hybridized carbons (Fsp3) is 0.350. The summed E-state index contributed by atoms with van der Waals surface area (Å²) in [5, 5.41) is 3.45. The molecule has 29 heavy (non-hydrogen) atoms. The van der Waals surface area contributed by atoms with E-state index in [1.807, 2.05) is 23.4 Å². The third-order valence-corrected chi connectivity index (χ3v) is 5.33. The van der Waals surface area contributed by atoms with Crippen molar-refractivity contribution < 1.29 is 9.53 Å². The number of urea groups is 1. The Morgan fingerprint density at radius 1 is 1.17 bits per heavy atom. The molecule has 4 rings (SSSR count). The predicted molar refractivity (Wildman–Crippen MR) is 113 cm³/mol. The molecule has 9 heteroatoms. The van der Waals surface area contributed by atoms with Gasteiger partial charge in [0.25, 0.3) is 0 Å². The molecule has 0 radical (unpaired) electrons. The number of halogens is 1. The van der Waals surface area contributed by atoms with Crippen LogP contribution in [0.15, 0.2) is 42.9 Å². The third-order valence-electron chi connectivity index (χ3n) is 5.09. The molecule has 2 aromatic heterocycles. The number of nitrogens with zero attached hydrogens (tertiary/aromatic N) is 5. The molecule has 3 aromatic rings. The largest absolute Gasteiger partial charge is 0.495 e. The van der Waals surface area contributed by atoms with Gasteiger partial charge < -0.3 is 19.5 Å². The second-order valence-electron chi connectivity index (χ2n) is 6.89. The number of rotatable bonds is 5. The first kappa shape index (κ1) is 19.5. The zero-order valence-electron chi connectivity index (χ0n) is 16.2. The summed E-state index contributed by atoms with van der Waals surface area (Å²) < 4.78 is 7.36. The van der Waals surface area contributed by atoms with E-state index < -0.39 is 0 Å². The van der Waals surface area contributed by atoms with Gasteiger partial charge in [-0.15, -0.1) is 0 Å². The van der Waals surface area contributed by atoms with Gasteiger partial charge in [0.2, 0.25) is 0 Å². The van der Waals surface area contributed by atoms with Crippen LogP contribution in [0.2, 0.25) is 5.02 Å². The summed E-state index contributed by atoms with van der Waals surface area (Å²) in [4.78, 5) is 25.6. The number of nitrogens with one attached hydrogen (secondary N) is 1. The van der Waals surface area contributed by atoms with Gasteiger partial charge in [0.05, 0.1) is 19.1 Å². The first-order chi connectivity index (χ1) is 14.1. The molecular weight excluding hydrogens is 392 g/mol. The molecule has 2 amide bonds. The first-order valence-corrected chi connectivity index (χ1v) is 9.89. The molecule has 0 aliphatic carbocycles. The zero-order valence-corrected chi connectivity index (χ0v) is 17.0. The molecule has 0 unspecified atom stereocenters. The van der Waals surface area contributed by atoms with Gasteiger partial charge in [-0.1, -0.05) is 11.6 Å². The average Bonchev–Trinajstić information content (AvgIpc) is 3.16. The van der Waals surface area contributed by atoms with Crippen molar-refractivity contribution in [1.29, 1.82) is 0 Å². The molecule has 1 aliphatic heterocycles. The number of carbonyl (C=O) groups excluding carboxylic acids is 1. The number of methoxy groups -OCH3 is 1. The Labute approximate surface area is 174 Å². The summed E-state index contributed by atoms with van der Waals surface area (Å²) in [7, 11) is 1.57. The number of hydrogen-bond acceptors (Lipinski definition) is 5. The van der Waals surface area contributed by atoms with Gasteiger partial charge >= 0.3 is 6.03 Å². The molecule has 152 valence electrons. The number of imidazole rings is 1. The maximum Gasteiger partial charge on any atom is 0.322 e. The Balaban J connectivity index is 1.29. The Hall–Kier alpha value is -2.84. The van der Waals surface area contributed by atoms with Crippen molar-refractivity contribution in [2.24, 2.45) is 0 Å². The average molecular weight is 415 g/mol. The second kappa shape index (κ2) is 8.67. The highest BCUT2D eigenvalue weighted by molar-refractivity contribution is 6.31. The number of anilines is 1. The minimum absolute atomic E-state index is 0.143. The number of ether oxygens (including phenoxy) is 1. The topological polar surface area (TPSA) is 75.5 Å². The molecule has 8 nitrogen and oxygen atoms in total. The normalized spacial score (nSPS) is 14.9. The van der Waals surface area contributed by atoms with E-state index in [1.54, 1.807) is 31.5 Å². The van der Waals surface area contributed by atoms with E-state index in [0.29, 0.717) is 29.5 Å². The van der Waals surface area contributed by atoms with Gasteiger partial charge in [0.15, 0.2) is 5.65 Å². The lowest BCUT2D eigenvalue weighted by Gasteiger charge is -2.34. The molecule has 0 atom stereocenters. The standard InChI is InChI=1S/C20H23ClN6O2/c1-29-18-5-4-15(21)13-17(18)24-20(28)26-10-7-25(8-11-26)9-12-27-14-23-16-3-2-6-22-19(16)27/h2-6,13-14H,7-12H2,1H3,(H,24,28). The van der Waals surface area contributed by atoms with Crippen LogP contribution in [-0.4, -0.2) is 70.2 Å². The van der Waals surface area contributed by atoms with E-state index >= 15 is 0 Å². The van der Waals surface area contributed by atoms with Crippen LogP contribution in [0, 0.1) is 0 Å². The molecule has 0 bridgehead atoms. The zero-order chi connectivity index (χ0) is 20.2. The maximum absolute atomic E-state index is 12.6. The van der Waals surface area contributed by atoms with Crippen LogP contribution in [0.3, 0.4) is 0 Å². The number of aromatic nitrogens is 3. The molecular formula is C20H23ClN6O2. The summed E-state index contributed by atoms with van der Waals surface area (Å²) >= 11 is 6.04. The van der Waals surface area contributed by atoms with Crippen LogP contribution in [0.25, 0.3) is 11.2 Å². The van der Waals surface area contributed by atoms with Gasteiger partial charge in [-0.2, -0.15) is 0 Å². The number of carbonyl (C=O) groups is 1. The molecule has 1 saturated heterocycles. The molecule has 1 aromatic carbocycles. The Bertz CT molecular complexity index is 1000. The van der Waals surface area contributed by atoms with E-state index in [0.717, 1.165) is 37.3 Å². The minimum atomic E-state index is -0.143. The number of pyridine rings is 1. The van der Waals surface area contributed by atoms with Gasteiger partial charge in [-0.05, 0) is 30.3 Å². The molecule has 1 fully saturated rings. The van der Waals surface area contributed by atoms with E-state index in [9.17, 15) is 4.79 Å². The summed E-state index contributed by atoms with van der Waals surface area (Å²) in [6, 6.07) is 8.87. The molecule has 1 N–H and O–H groups in total. The minimum Gasteiger partial charge on any atom is -0.495 e. The van der Waals surface area contributed by atoms with Gasteiger partial charge in [-0.3, -0.25) is 4.90 Å². The fourth-order valence-corrected chi connectivity index (χ4v) is 3.63. The molecule has 0 saturated carbocycles. The van der Waals surface area contributed by atoms with Crippen LogP contribution in [0.4, 0.5) is 10.5 Å². The van der Waals surface area contributed by atoms with Crippen LogP contribution in [0.1, 0.15) is 0 Å². The van der Waals surface area contributed by atoms with E-state index in [-0.39, 0.29) is 6.03 Å². The van der Waals surface area contributed by atoms with E-state index in [1.165, 1.54) is 0 Å². The SMILES string of the molecule is COc1ccc(Cl)cc1NC(=O)N1CCN(CCn2cnc3cccnc32)CC1. The number of hydrogen-bond donors (Lipinski definition) is 1. The summed E-state index contributed by atoms with van der Waals surface area (Å²) in [6.45, 7) is 4.68. The fourth-order valence-electron chi connectivity index (χ4n) is 3.46.